The van der Waals surface area contributed by atoms with E-state index in [0.29, 0.717) is 17.6 Å². The van der Waals surface area contributed by atoms with Gasteiger partial charge in [-0.2, -0.15) is 5.10 Å². The van der Waals surface area contributed by atoms with Crippen molar-refractivity contribution < 1.29 is 9.84 Å². The molecule has 0 bridgehead atoms. The smallest absolute Gasteiger partial charge is 0.253 e. The second-order valence-electron chi connectivity index (χ2n) is 4.43. The first-order valence-corrected chi connectivity index (χ1v) is 6.08. The summed E-state index contributed by atoms with van der Waals surface area (Å²) in [5, 5.41) is 14.4. The van der Waals surface area contributed by atoms with Crippen molar-refractivity contribution in [1.82, 2.24) is 14.8 Å². The lowest BCUT2D eigenvalue weighted by molar-refractivity contribution is 0.414. The summed E-state index contributed by atoms with van der Waals surface area (Å²) in [7, 11) is 1.61. The highest BCUT2D eigenvalue weighted by Crippen LogP contribution is 2.21. The zero-order valence-corrected chi connectivity index (χ0v) is 10.8. The summed E-state index contributed by atoms with van der Waals surface area (Å²) >= 11 is 0. The average molecular weight is 271 g/mol. The van der Waals surface area contributed by atoms with Crippen LogP contribution >= 0.6 is 0 Å². The number of fused-ring (bicyclic) bond motifs is 1. The van der Waals surface area contributed by atoms with Gasteiger partial charge in [-0.05, 0) is 17.7 Å². The summed E-state index contributed by atoms with van der Waals surface area (Å²) < 4.78 is 6.74. The van der Waals surface area contributed by atoms with E-state index in [-0.39, 0.29) is 11.3 Å². The molecule has 6 nitrogen and oxygen atoms in total. The van der Waals surface area contributed by atoms with Gasteiger partial charge in [-0.1, -0.05) is 12.1 Å². The molecule has 6 heteroatoms. The van der Waals surface area contributed by atoms with Crippen LogP contribution in [0.3, 0.4) is 0 Å². The Morgan fingerprint density at radius 1 is 1.35 bits per heavy atom. The monoisotopic (exact) mass is 271 g/mol. The van der Waals surface area contributed by atoms with Crippen LogP contribution in [0, 0.1) is 0 Å². The number of aromatic hydroxyl groups is 1. The van der Waals surface area contributed by atoms with Gasteiger partial charge >= 0.3 is 0 Å². The Morgan fingerprint density at radius 3 is 2.80 bits per heavy atom. The van der Waals surface area contributed by atoms with Gasteiger partial charge in [-0.15, -0.1) is 0 Å². The molecule has 0 aliphatic rings. The quantitative estimate of drug-likeness (QED) is 0.756. The van der Waals surface area contributed by atoms with Crippen molar-refractivity contribution in [2.75, 3.05) is 7.11 Å². The number of pyridine rings is 1. The van der Waals surface area contributed by atoms with Crippen LogP contribution in [0.4, 0.5) is 0 Å². The van der Waals surface area contributed by atoms with E-state index in [1.54, 1.807) is 11.8 Å². The molecule has 2 heterocycles. The molecule has 0 saturated heterocycles. The third kappa shape index (κ3) is 2.11. The topological polar surface area (TPSA) is 80.1 Å². The summed E-state index contributed by atoms with van der Waals surface area (Å²) in [6, 6.07) is 8.71. The van der Waals surface area contributed by atoms with E-state index >= 15 is 0 Å². The van der Waals surface area contributed by atoms with Crippen LogP contribution in [-0.2, 0) is 6.54 Å². The molecule has 3 aromatic rings. The number of nitrogens with zero attached hydrogens (tertiary/aromatic N) is 2. The minimum absolute atomic E-state index is 0.0651. The van der Waals surface area contributed by atoms with Crippen LogP contribution in [0.5, 0.6) is 11.5 Å². The van der Waals surface area contributed by atoms with Gasteiger partial charge in [0.1, 0.15) is 17.1 Å². The first-order chi connectivity index (χ1) is 9.67. The lowest BCUT2D eigenvalue weighted by atomic mass is 10.2. The van der Waals surface area contributed by atoms with Crippen molar-refractivity contribution in [3.63, 3.8) is 0 Å². The summed E-state index contributed by atoms with van der Waals surface area (Å²) in [5.74, 6) is 0.717. The Balaban J connectivity index is 2.00. The van der Waals surface area contributed by atoms with E-state index in [1.165, 1.54) is 6.20 Å². The van der Waals surface area contributed by atoms with E-state index in [9.17, 15) is 9.90 Å². The number of ether oxygens (including phenoxy) is 1. The molecule has 0 unspecified atom stereocenters. The van der Waals surface area contributed by atoms with Gasteiger partial charge in [-0.25, -0.2) is 4.68 Å². The molecule has 2 aromatic heterocycles. The van der Waals surface area contributed by atoms with Gasteiger partial charge in [-0.3, -0.25) is 4.79 Å². The van der Waals surface area contributed by atoms with E-state index in [4.69, 9.17) is 4.74 Å². The zero-order chi connectivity index (χ0) is 14.1. The molecular weight excluding hydrogens is 258 g/mol. The third-order valence-corrected chi connectivity index (χ3v) is 3.12. The Bertz CT molecular complexity index is 803. The number of nitrogens with one attached hydrogen (secondary N) is 1. The van der Waals surface area contributed by atoms with Crippen LogP contribution in [0.25, 0.3) is 11.0 Å². The first-order valence-electron chi connectivity index (χ1n) is 6.08. The van der Waals surface area contributed by atoms with Crippen molar-refractivity contribution in [3.05, 3.63) is 52.4 Å². The van der Waals surface area contributed by atoms with E-state index in [2.05, 4.69) is 10.1 Å². The summed E-state index contributed by atoms with van der Waals surface area (Å²) in [5.41, 5.74) is 1.16. The van der Waals surface area contributed by atoms with Crippen molar-refractivity contribution >= 4 is 11.0 Å². The highest BCUT2D eigenvalue weighted by molar-refractivity contribution is 5.81. The summed E-state index contributed by atoms with van der Waals surface area (Å²) in [4.78, 5) is 14.1. The van der Waals surface area contributed by atoms with E-state index < -0.39 is 0 Å². The minimum atomic E-state index is -0.355. The van der Waals surface area contributed by atoms with Crippen LogP contribution in [-0.4, -0.2) is 27.0 Å². The van der Waals surface area contributed by atoms with Gasteiger partial charge in [0.05, 0.1) is 25.2 Å². The Morgan fingerprint density at radius 2 is 2.10 bits per heavy atom. The lowest BCUT2D eigenvalue weighted by Gasteiger charge is -2.05. The summed E-state index contributed by atoms with van der Waals surface area (Å²) in [6.45, 7) is 0.493. The van der Waals surface area contributed by atoms with Gasteiger partial charge in [0.15, 0.2) is 0 Å². The number of hydrogen-bond donors (Lipinski definition) is 2. The maximum Gasteiger partial charge on any atom is 0.253 e. The molecule has 0 aliphatic heterocycles. The number of benzene rings is 1. The number of aromatic nitrogens is 3. The second-order valence-corrected chi connectivity index (χ2v) is 4.43. The molecule has 0 amide bonds. The molecule has 0 atom stereocenters. The van der Waals surface area contributed by atoms with Crippen molar-refractivity contribution in [2.24, 2.45) is 0 Å². The molecule has 3 rings (SSSR count). The lowest BCUT2D eigenvalue weighted by Crippen LogP contribution is -2.08. The summed E-state index contributed by atoms with van der Waals surface area (Å²) in [6.07, 6.45) is 1.53. The number of rotatable bonds is 3. The van der Waals surface area contributed by atoms with Crippen LogP contribution in [0.15, 0.2) is 41.3 Å². The van der Waals surface area contributed by atoms with E-state index in [1.807, 2.05) is 24.3 Å². The molecule has 102 valence electrons. The third-order valence-electron chi connectivity index (χ3n) is 3.12. The van der Waals surface area contributed by atoms with E-state index in [0.717, 1.165) is 17.4 Å². The SMILES string of the molecule is COc1ccc(Cn2ncc3c(O)cc(=O)[nH]c32)cc1. The average Bonchev–Trinajstić information content (AvgIpc) is 2.83. The highest BCUT2D eigenvalue weighted by Gasteiger charge is 2.08. The number of methoxy groups -OCH3 is 1. The largest absolute Gasteiger partial charge is 0.507 e. The zero-order valence-electron chi connectivity index (χ0n) is 10.8. The van der Waals surface area contributed by atoms with Crippen LogP contribution < -0.4 is 10.3 Å². The fourth-order valence-corrected chi connectivity index (χ4v) is 2.08. The molecule has 0 saturated carbocycles. The fraction of sp³-hybridized carbons (Fsp3) is 0.143. The Labute approximate surface area is 114 Å². The molecule has 0 radical (unpaired) electrons. The van der Waals surface area contributed by atoms with Crippen molar-refractivity contribution in [1.29, 1.82) is 0 Å². The fourth-order valence-electron chi connectivity index (χ4n) is 2.08. The van der Waals surface area contributed by atoms with Gasteiger partial charge < -0.3 is 14.8 Å². The predicted molar refractivity (Wildman–Crippen MR) is 74.1 cm³/mol. The molecule has 20 heavy (non-hydrogen) atoms. The standard InChI is InChI=1S/C14H13N3O3/c1-20-10-4-2-9(3-5-10)8-17-14-11(7-15-17)12(18)6-13(19)16-14/h2-7H,8H2,1H3,(H2,16,18,19). The van der Waals surface area contributed by atoms with Crippen LogP contribution in [0.1, 0.15) is 5.56 Å². The maximum atomic E-state index is 11.4. The number of aromatic amines is 1. The minimum Gasteiger partial charge on any atom is -0.507 e. The van der Waals surface area contributed by atoms with Crippen molar-refractivity contribution in [3.8, 4) is 11.5 Å². The van der Waals surface area contributed by atoms with Gasteiger partial charge in [0, 0.05) is 6.07 Å². The van der Waals surface area contributed by atoms with Crippen molar-refractivity contribution in [2.45, 2.75) is 6.54 Å². The van der Waals surface area contributed by atoms with Gasteiger partial charge in [0.25, 0.3) is 5.56 Å². The molecule has 1 aromatic carbocycles. The molecule has 0 spiro atoms. The maximum absolute atomic E-state index is 11.4. The Kier molecular flexibility index (Phi) is 2.90. The highest BCUT2D eigenvalue weighted by atomic mass is 16.5. The molecule has 0 fully saturated rings. The number of H-pyrrole nitrogens is 1. The van der Waals surface area contributed by atoms with Gasteiger partial charge in [0.2, 0.25) is 0 Å². The predicted octanol–water partition coefficient (Wildman–Crippen LogP) is 1.49. The van der Waals surface area contributed by atoms with Crippen LogP contribution in [0.2, 0.25) is 0 Å². The molecular formula is C14H13N3O3. The molecule has 2 N–H and O–H groups in total. The first kappa shape index (κ1) is 12.3. The normalized spacial score (nSPS) is 10.8. The Hall–Kier alpha value is -2.76. The molecule has 0 aliphatic carbocycles. The number of hydrogen-bond acceptors (Lipinski definition) is 4. The second kappa shape index (κ2) is 4.73.